The summed E-state index contributed by atoms with van der Waals surface area (Å²) in [7, 11) is 0. The number of nitrogens with zero attached hydrogens (tertiary/aromatic N) is 1. The van der Waals surface area contributed by atoms with Crippen LogP contribution in [0.4, 0.5) is 0 Å². The molecule has 0 radical (unpaired) electrons. The number of hydrogen-bond acceptors (Lipinski definition) is 2. The number of amides is 1. The van der Waals surface area contributed by atoms with Crippen LogP contribution in [0.25, 0.3) is 0 Å². The summed E-state index contributed by atoms with van der Waals surface area (Å²) < 4.78 is 0. The Bertz CT molecular complexity index is 232. The van der Waals surface area contributed by atoms with Crippen molar-refractivity contribution in [2.45, 2.75) is 47.2 Å². The summed E-state index contributed by atoms with van der Waals surface area (Å²) in [5.74, 6) is 0.772. The molecule has 1 saturated heterocycles. The second-order valence-electron chi connectivity index (χ2n) is 5.62. The van der Waals surface area contributed by atoms with Crippen molar-refractivity contribution in [3.05, 3.63) is 0 Å². The SMILES string of the molecule is CCC1NCC(=O)N1CC(C)C(C)(C)C. The number of carbonyl (C=O) groups is 1. The van der Waals surface area contributed by atoms with Gasteiger partial charge in [-0.25, -0.2) is 0 Å². The molecule has 2 unspecified atom stereocenters. The van der Waals surface area contributed by atoms with Gasteiger partial charge in [0.05, 0.1) is 12.7 Å². The molecule has 15 heavy (non-hydrogen) atoms. The number of rotatable bonds is 3. The number of carbonyl (C=O) groups excluding carboxylic acids is 1. The average molecular weight is 212 g/mol. The first-order chi connectivity index (χ1) is 6.86. The van der Waals surface area contributed by atoms with Gasteiger partial charge in [0.15, 0.2) is 0 Å². The van der Waals surface area contributed by atoms with E-state index in [4.69, 9.17) is 0 Å². The summed E-state index contributed by atoms with van der Waals surface area (Å²) in [4.78, 5) is 13.7. The third kappa shape index (κ3) is 2.94. The lowest BCUT2D eigenvalue weighted by atomic mass is 9.82. The molecule has 0 bridgehead atoms. The molecule has 0 aliphatic carbocycles. The van der Waals surface area contributed by atoms with Crippen molar-refractivity contribution < 1.29 is 4.79 Å². The van der Waals surface area contributed by atoms with Gasteiger partial charge >= 0.3 is 0 Å². The van der Waals surface area contributed by atoms with E-state index >= 15 is 0 Å². The Morgan fingerprint density at radius 2 is 2.13 bits per heavy atom. The zero-order chi connectivity index (χ0) is 11.6. The van der Waals surface area contributed by atoms with E-state index in [0.29, 0.717) is 12.5 Å². The largest absolute Gasteiger partial charge is 0.326 e. The molecule has 0 spiro atoms. The highest BCUT2D eigenvalue weighted by Gasteiger charge is 2.32. The van der Waals surface area contributed by atoms with E-state index in [9.17, 15) is 4.79 Å². The molecule has 1 amide bonds. The third-order valence-electron chi connectivity index (χ3n) is 3.52. The fourth-order valence-electron chi connectivity index (χ4n) is 1.75. The summed E-state index contributed by atoms with van der Waals surface area (Å²) in [5, 5.41) is 3.24. The lowest BCUT2D eigenvalue weighted by Crippen LogP contribution is -2.42. The van der Waals surface area contributed by atoms with Gasteiger partial charge in [-0.3, -0.25) is 10.1 Å². The summed E-state index contributed by atoms with van der Waals surface area (Å²) >= 11 is 0. The lowest BCUT2D eigenvalue weighted by molar-refractivity contribution is -0.129. The minimum absolute atomic E-state index is 0.248. The Kier molecular flexibility index (Phi) is 3.77. The average Bonchev–Trinajstić information content (AvgIpc) is 2.46. The van der Waals surface area contributed by atoms with Gasteiger partial charge in [-0.2, -0.15) is 0 Å². The lowest BCUT2D eigenvalue weighted by Gasteiger charge is -2.33. The van der Waals surface area contributed by atoms with Crippen molar-refractivity contribution in [1.82, 2.24) is 10.2 Å². The van der Waals surface area contributed by atoms with Gasteiger partial charge in [-0.15, -0.1) is 0 Å². The van der Waals surface area contributed by atoms with Crippen LogP contribution in [0.5, 0.6) is 0 Å². The molecule has 0 aromatic heterocycles. The van der Waals surface area contributed by atoms with Crippen LogP contribution in [0, 0.1) is 11.3 Å². The van der Waals surface area contributed by atoms with Gasteiger partial charge < -0.3 is 4.90 Å². The summed E-state index contributed by atoms with van der Waals surface area (Å²) in [5.41, 5.74) is 0.265. The molecule has 3 nitrogen and oxygen atoms in total. The summed E-state index contributed by atoms with van der Waals surface area (Å²) in [6.45, 7) is 12.4. The van der Waals surface area contributed by atoms with Gasteiger partial charge in [0.25, 0.3) is 0 Å². The van der Waals surface area contributed by atoms with Crippen molar-refractivity contribution in [2.75, 3.05) is 13.1 Å². The topological polar surface area (TPSA) is 32.3 Å². The van der Waals surface area contributed by atoms with E-state index in [1.54, 1.807) is 0 Å². The second-order valence-corrected chi connectivity index (χ2v) is 5.62. The summed E-state index contributed by atoms with van der Waals surface area (Å²) in [6, 6.07) is 0. The van der Waals surface area contributed by atoms with Gasteiger partial charge in [0, 0.05) is 6.54 Å². The van der Waals surface area contributed by atoms with Gasteiger partial charge in [0.2, 0.25) is 5.91 Å². The third-order valence-corrected chi connectivity index (χ3v) is 3.52. The predicted octanol–water partition coefficient (Wildman–Crippen LogP) is 1.84. The molecular formula is C12H24N2O. The second kappa shape index (κ2) is 4.52. The Balaban J connectivity index is 2.60. The van der Waals surface area contributed by atoms with Crippen LogP contribution in [0.1, 0.15) is 41.0 Å². The Hall–Kier alpha value is -0.570. The predicted molar refractivity (Wildman–Crippen MR) is 62.4 cm³/mol. The fourth-order valence-corrected chi connectivity index (χ4v) is 1.75. The van der Waals surface area contributed by atoms with Gasteiger partial charge in [0.1, 0.15) is 0 Å². The molecule has 1 aliphatic rings. The molecule has 88 valence electrons. The molecule has 2 atom stereocenters. The minimum atomic E-state index is 0.248. The molecule has 3 heteroatoms. The van der Waals surface area contributed by atoms with E-state index < -0.39 is 0 Å². The zero-order valence-electron chi connectivity index (χ0n) is 10.6. The Morgan fingerprint density at radius 3 is 2.60 bits per heavy atom. The first-order valence-corrected chi connectivity index (χ1v) is 5.89. The van der Waals surface area contributed by atoms with E-state index in [1.165, 1.54) is 0 Å². The standard InChI is InChI=1S/C12H24N2O/c1-6-10-13-7-11(15)14(10)8-9(2)12(3,4)5/h9-10,13H,6-8H2,1-5H3. The van der Waals surface area contributed by atoms with E-state index in [-0.39, 0.29) is 17.5 Å². The molecule has 1 aliphatic heterocycles. The monoisotopic (exact) mass is 212 g/mol. The van der Waals surface area contributed by atoms with Gasteiger partial charge in [-0.1, -0.05) is 34.6 Å². The van der Waals surface area contributed by atoms with Crippen molar-refractivity contribution in [3.8, 4) is 0 Å². The van der Waals surface area contributed by atoms with E-state index in [0.717, 1.165) is 13.0 Å². The highest BCUT2D eigenvalue weighted by atomic mass is 16.2. The Morgan fingerprint density at radius 1 is 1.53 bits per heavy atom. The van der Waals surface area contributed by atoms with Crippen molar-refractivity contribution in [3.63, 3.8) is 0 Å². The van der Waals surface area contributed by atoms with Crippen LogP contribution in [-0.2, 0) is 4.79 Å². The molecule has 0 aromatic carbocycles. The maximum atomic E-state index is 11.7. The van der Waals surface area contributed by atoms with Crippen molar-refractivity contribution in [2.24, 2.45) is 11.3 Å². The zero-order valence-corrected chi connectivity index (χ0v) is 10.6. The van der Waals surface area contributed by atoms with Gasteiger partial charge in [-0.05, 0) is 17.8 Å². The first-order valence-electron chi connectivity index (χ1n) is 5.89. The van der Waals surface area contributed by atoms with E-state index in [1.807, 2.05) is 4.90 Å². The highest BCUT2D eigenvalue weighted by molar-refractivity contribution is 5.80. The number of hydrogen-bond donors (Lipinski definition) is 1. The van der Waals surface area contributed by atoms with Crippen LogP contribution >= 0.6 is 0 Å². The molecular weight excluding hydrogens is 188 g/mol. The minimum Gasteiger partial charge on any atom is -0.326 e. The molecule has 1 rings (SSSR count). The maximum Gasteiger partial charge on any atom is 0.237 e. The van der Waals surface area contributed by atoms with Crippen molar-refractivity contribution >= 4 is 5.91 Å². The van der Waals surface area contributed by atoms with Crippen LogP contribution in [-0.4, -0.2) is 30.1 Å². The van der Waals surface area contributed by atoms with Crippen molar-refractivity contribution in [1.29, 1.82) is 0 Å². The molecule has 1 heterocycles. The maximum absolute atomic E-state index is 11.7. The van der Waals surface area contributed by atoms with Crippen LogP contribution in [0.2, 0.25) is 0 Å². The van der Waals surface area contributed by atoms with Crippen LogP contribution in [0.15, 0.2) is 0 Å². The highest BCUT2D eigenvalue weighted by Crippen LogP contribution is 2.27. The normalized spacial score (nSPS) is 24.7. The smallest absolute Gasteiger partial charge is 0.237 e. The molecule has 0 aromatic rings. The molecule has 0 saturated carbocycles. The Labute approximate surface area is 93.2 Å². The van der Waals surface area contributed by atoms with E-state index in [2.05, 4.69) is 39.9 Å². The quantitative estimate of drug-likeness (QED) is 0.774. The summed E-state index contributed by atoms with van der Waals surface area (Å²) in [6.07, 6.45) is 1.24. The first kappa shape index (κ1) is 12.5. The molecule has 1 N–H and O–H groups in total. The molecule has 1 fully saturated rings. The number of nitrogens with one attached hydrogen (secondary N) is 1. The van der Waals surface area contributed by atoms with Crippen LogP contribution < -0.4 is 5.32 Å². The van der Waals surface area contributed by atoms with Crippen LogP contribution in [0.3, 0.4) is 0 Å². The fraction of sp³-hybridized carbons (Fsp3) is 0.917.